The molecule has 0 bridgehead atoms. The molecule has 1 saturated heterocycles. The molecule has 0 spiro atoms. The van der Waals surface area contributed by atoms with Crippen LogP contribution in [0.2, 0.25) is 5.15 Å². The maximum Gasteiger partial charge on any atom is 0.330 e. The highest BCUT2D eigenvalue weighted by Gasteiger charge is 2.43. The highest BCUT2D eigenvalue weighted by molar-refractivity contribution is 7.99. The van der Waals surface area contributed by atoms with Crippen molar-refractivity contribution in [1.29, 1.82) is 0 Å². The molecule has 0 radical (unpaired) electrons. The minimum Gasteiger partial charge on any atom is -0.479 e. The normalized spacial score (nSPS) is 22.2. The largest absolute Gasteiger partial charge is 0.479 e. The third kappa shape index (κ3) is 2.82. The van der Waals surface area contributed by atoms with Crippen LogP contribution in [0.5, 0.6) is 0 Å². The summed E-state index contributed by atoms with van der Waals surface area (Å²) in [5.74, 6) is -1.64. The van der Waals surface area contributed by atoms with Crippen LogP contribution in [0.15, 0.2) is 12.3 Å². The molecule has 1 aromatic heterocycles. The third-order valence-electron chi connectivity index (χ3n) is 2.83. The number of amides is 1. The summed E-state index contributed by atoms with van der Waals surface area (Å²) in [6.07, 6.45) is 1.20. The Morgan fingerprint density at radius 2 is 2.32 bits per heavy atom. The Morgan fingerprint density at radius 1 is 1.58 bits per heavy atom. The molecule has 2 rings (SSSR count). The minimum absolute atomic E-state index is 0.162. The molecule has 1 unspecified atom stereocenters. The molecular weight excluding hydrogens is 295 g/mol. The summed E-state index contributed by atoms with van der Waals surface area (Å²) in [5.41, 5.74) is -1.49. The lowest BCUT2D eigenvalue weighted by molar-refractivity contribution is -0.143. The lowest BCUT2D eigenvalue weighted by Gasteiger charge is -2.24. The summed E-state index contributed by atoms with van der Waals surface area (Å²) < 4.78 is 13.1. The van der Waals surface area contributed by atoms with Crippen molar-refractivity contribution in [3.8, 4) is 0 Å². The summed E-state index contributed by atoms with van der Waals surface area (Å²) >= 11 is 7.15. The number of carbonyl (C=O) groups is 2. The average Bonchev–Trinajstić information content (AvgIpc) is 2.82. The molecule has 2 heterocycles. The van der Waals surface area contributed by atoms with Gasteiger partial charge in [-0.3, -0.25) is 4.79 Å². The van der Waals surface area contributed by atoms with Gasteiger partial charge >= 0.3 is 5.97 Å². The zero-order valence-electron chi connectivity index (χ0n) is 9.65. The second-order valence-corrected chi connectivity index (χ2v) is 5.60. The molecule has 0 aromatic carbocycles. The molecular formula is C11H10ClFN2O3S. The molecule has 2 N–H and O–H groups in total. The van der Waals surface area contributed by atoms with Gasteiger partial charge in [0.25, 0.3) is 5.91 Å². The van der Waals surface area contributed by atoms with E-state index in [1.54, 1.807) is 0 Å². The number of carboxylic acids is 1. The van der Waals surface area contributed by atoms with E-state index in [-0.39, 0.29) is 16.5 Å². The van der Waals surface area contributed by atoms with Crippen LogP contribution in [-0.4, -0.2) is 39.0 Å². The van der Waals surface area contributed by atoms with Crippen molar-refractivity contribution in [3.63, 3.8) is 0 Å². The van der Waals surface area contributed by atoms with Gasteiger partial charge in [-0.15, -0.1) is 0 Å². The van der Waals surface area contributed by atoms with Crippen LogP contribution in [-0.2, 0) is 4.79 Å². The van der Waals surface area contributed by atoms with E-state index in [0.29, 0.717) is 12.2 Å². The number of carboxylic acid groups (broad SMARTS) is 1. The third-order valence-corrected chi connectivity index (χ3v) is 4.33. The number of carbonyl (C=O) groups excluding carboxylic acids is 1. The predicted molar refractivity (Wildman–Crippen MR) is 69.0 cm³/mol. The Labute approximate surface area is 117 Å². The lowest BCUT2D eigenvalue weighted by atomic mass is 9.98. The van der Waals surface area contributed by atoms with E-state index in [1.807, 2.05) is 0 Å². The molecule has 1 aliphatic rings. The van der Waals surface area contributed by atoms with E-state index >= 15 is 0 Å². The quantitative estimate of drug-likeness (QED) is 0.829. The Kier molecular flexibility index (Phi) is 3.96. The molecule has 0 saturated carbocycles. The number of thioether (sulfide) groups is 1. The van der Waals surface area contributed by atoms with Crippen LogP contribution >= 0.6 is 23.4 Å². The molecule has 1 aromatic rings. The highest BCUT2D eigenvalue weighted by Crippen LogP contribution is 2.29. The van der Waals surface area contributed by atoms with Gasteiger partial charge in [-0.25, -0.2) is 14.2 Å². The SMILES string of the molecule is O=C(NC1(C(=O)O)CCSC1)c1cc(F)cnc1Cl. The molecule has 19 heavy (non-hydrogen) atoms. The number of hydrogen-bond donors (Lipinski definition) is 2. The monoisotopic (exact) mass is 304 g/mol. The fourth-order valence-electron chi connectivity index (χ4n) is 1.75. The van der Waals surface area contributed by atoms with E-state index in [9.17, 15) is 19.1 Å². The maximum atomic E-state index is 13.1. The summed E-state index contributed by atoms with van der Waals surface area (Å²) in [6, 6.07) is 0.933. The van der Waals surface area contributed by atoms with Gasteiger partial charge in [0, 0.05) is 5.75 Å². The number of nitrogens with one attached hydrogen (secondary N) is 1. The number of aliphatic carboxylic acids is 1. The molecule has 1 amide bonds. The Balaban J connectivity index is 2.25. The van der Waals surface area contributed by atoms with E-state index < -0.39 is 23.2 Å². The molecule has 1 fully saturated rings. The van der Waals surface area contributed by atoms with Crippen molar-refractivity contribution in [2.24, 2.45) is 0 Å². The zero-order valence-corrected chi connectivity index (χ0v) is 11.2. The molecule has 8 heteroatoms. The second-order valence-electron chi connectivity index (χ2n) is 4.14. The number of aromatic nitrogens is 1. The van der Waals surface area contributed by atoms with Crippen molar-refractivity contribution < 1.29 is 19.1 Å². The standard InChI is InChI=1S/C11H10ClFN2O3S/c12-8-7(3-6(13)4-14-8)9(16)15-11(10(17)18)1-2-19-5-11/h3-4H,1-2,5H2,(H,15,16)(H,17,18). The number of rotatable bonds is 3. The first kappa shape index (κ1) is 14.1. The second kappa shape index (κ2) is 5.34. The maximum absolute atomic E-state index is 13.1. The number of halogens is 2. The Hall–Kier alpha value is -1.34. The van der Waals surface area contributed by atoms with Crippen LogP contribution in [0.4, 0.5) is 4.39 Å². The number of hydrogen-bond acceptors (Lipinski definition) is 4. The van der Waals surface area contributed by atoms with Gasteiger partial charge in [-0.05, 0) is 18.2 Å². The van der Waals surface area contributed by atoms with Crippen LogP contribution < -0.4 is 5.32 Å². The number of nitrogens with zero attached hydrogens (tertiary/aromatic N) is 1. The minimum atomic E-state index is -1.32. The van der Waals surface area contributed by atoms with E-state index in [2.05, 4.69) is 10.3 Å². The van der Waals surface area contributed by atoms with Gasteiger partial charge in [-0.2, -0.15) is 11.8 Å². The lowest BCUT2D eigenvalue weighted by Crippen LogP contribution is -2.54. The smallest absolute Gasteiger partial charge is 0.330 e. The Bertz CT molecular complexity index is 535. The average molecular weight is 305 g/mol. The zero-order chi connectivity index (χ0) is 14.0. The van der Waals surface area contributed by atoms with E-state index in [4.69, 9.17) is 11.6 Å². The highest BCUT2D eigenvalue weighted by atomic mass is 35.5. The van der Waals surface area contributed by atoms with Gasteiger partial charge in [0.05, 0.1) is 11.8 Å². The van der Waals surface area contributed by atoms with Crippen molar-refractivity contribution in [3.05, 3.63) is 28.8 Å². The van der Waals surface area contributed by atoms with Crippen molar-refractivity contribution in [2.45, 2.75) is 12.0 Å². The van der Waals surface area contributed by atoms with Crippen LogP contribution in [0.3, 0.4) is 0 Å². The van der Waals surface area contributed by atoms with E-state index in [1.165, 1.54) is 11.8 Å². The summed E-state index contributed by atoms with van der Waals surface area (Å²) in [4.78, 5) is 26.8. The fourth-order valence-corrected chi connectivity index (χ4v) is 3.27. The van der Waals surface area contributed by atoms with E-state index in [0.717, 1.165) is 12.3 Å². The van der Waals surface area contributed by atoms with Gasteiger partial charge in [0.1, 0.15) is 16.5 Å². The van der Waals surface area contributed by atoms with Gasteiger partial charge in [-0.1, -0.05) is 11.6 Å². The summed E-state index contributed by atoms with van der Waals surface area (Å²) in [6.45, 7) is 0. The van der Waals surface area contributed by atoms with Crippen LogP contribution in [0.1, 0.15) is 16.8 Å². The van der Waals surface area contributed by atoms with Gasteiger partial charge in [0.2, 0.25) is 0 Å². The van der Waals surface area contributed by atoms with Gasteiger partial charge in [0.15, 0.2) is 0 Å². The molecule has 1 atom stereocenters. The first-order valence-corrected chi connectivity index (χ1v) is 6.92. The number of pyridine rings is 1. The predicted octanol–water partition coefficient (Wildman–Crippen LogP) is 1.56. The topological polar surface area (TPSA) is 79.3 Å². The Morgan fingerprint density at radius 3 is 2.89 bits per heavy atom. The molecule has 1 aliphatic heterocycles. The van der Waals surface area contributed by atoms with Crippen molar-refractivity contribution >= 4 is 35.2 Å². The molecule has 0 aliphatic carbocycles. The van der Waals surface area contributed by atoms with Crippen molar-refractivity contribution in [1.82, 2.24) is 10.3 Å². The van der Waals surface area contributed by atoms with Crippen molar-refractivity contribution in [2.75, 3.05) is 11.5 Å². The summed E-state index contributed by atoms with van der Waals surface area (Å²) in [5, 5.41) is 11.5. The first-order chi connectivity index (χ1) is 8.94. The molecule has 5 nitrogen and oxygen atoms in total. The van der Waals surface area contributed by atoms with Crippen LogP contribution in [0, 0.1) is 5.82 Å². The fraction of sp³-hybridized carbons (Fsp3) is 0.364. The molecule has 102 valence electrons. The first-order valence-electron chi connectivity index (χ1n) is 5.39. The summed E-state index contributed by atoms with van der Waals surface area (Å²) in [7, 11) is 0. The van der Waals surface area contributed by atoms with Crippen LogP contribution in [0.25, 0.3) is 0 Å². The van der Waals surface area contributed by atoms with Gasteiger partial charge < -0.3 is 10.4 Å².